The fourth-order valence-corrected chi connectivity index (χ4v) is 2.97. The van der Waals surface area contributed by atoms with Crippen LogP contribution in [0.3, 0.4) is 0 Å². The smallest absolute Gasteiger partial charge is 0.355 e. The highest BCUT2D eigenvalue weighted by Crippen LogP contribution is 2.47. The molecule has 0 radical (unpaired) electrons. The van der Waals surface area contributed by atoms with Crippen LogP contribution in [-0.2, 0) is 5.41 Å². The Hall–Kier alpha value is -2.91. The number of alkyl halides is 3. The zero-order chi connectivity index (χ0) is 17.5. The third-order valence-corrected chi connectivity index (χ3v) is 4.33. The zero-order valence-electron chi connectivity index (χ0n) is 12.9. The van der Waals surface area contributed by atoms with E-state index in [-0.39, 0.29) is 31.2 Å². The summed E-state index contributed by atoms with van der Waals surface area (Å²) in [5, 5.41) is 3.65. The standard InChI is InChI=1S/C15H13F3N6O/c16-15(17,18)14(4-8-24(9-14)10-3-1-2-5-19-10)13-22-12(23-25-13)11-20-6-7-21-11/h1-3,5-7H,4,8-9H2,(H,20,21). The largest absolute Gasteiger partial charge is 0.405 e. The van der Waals surface area contributed by atoms with Gasteiger partial charge >= 0.3 is 6.18 Å². The first-order chi connectivity index (χ1) is 12.0. The molecule has 0 aromatic carbocycles. The number of rotatable bonds is 3. The molecule has 25 heavy (non-hydrogen) atoms. The van der Waals surface area contributed by atoms with Crippen molar-refractivity contribution in [3.63, 3.8) is 0 Å². The fraction of sp³-hybridized carbons (Fsp3) is 0.333. The molecule has 3 aromatic rings. The van der Waals surface area contributed by atoms with Gasteiger partial charge in [-0.1, -0.05) is 11.2 Å². The van der Waals surface area contributed by atoms with Crippen LogP contribution in [0.1, 0.15) is 12.3 Å². The summed E-state index contributed by atoms with van der Waals surface area (Å²) in [5.41, 5.74) is -2.23. The van der Waals surface area contributed by atoms with Crippen LogP contribution in [0, 0.1) is 0 Å². The number of aromatic nitrogens is 5. The first-order valence-corrected chi connectivity index (χ1v) is 7.56. The molecule has 4 rings (SSSR count). The van der Waals surface area contributed by atoms with Gasteiger partial charge in [-0.3, -0.25) is 0 Å². The van der Waals surface area contributed by atoms with Gasteiger partial charge in [-0.05, 0) is 18.6 Å². The predicted octanol–water partition coefficient (Wildman–Crippen LogP) is 2.57. The third kappa shape index (κ3) is 2.53. The van der Waals surface area contributed by atoms with Crippen LogP contribution in [0.25, 0.3) is 11.6 Å². The maximum Gasteiger partial charge on any atom is 0.405 e. The Bertz CT molecular complexity index is 848. The summed E-state index contributed by atoms with van der Waals surface area (Å²) >= 11 is 0. The second kappa shape index (κ2) is 5.57. The first-order valence-electron chi connectivity index (χ1n) is 7.56. The summed E-state index contributed by atoms with van der Waals surface area (Å²) in [6.45, 7) is -0.137. The lowest BCUT2D eigenvalue weighted by atomic mass is 9.86. The molecule has 130 valence electrons. The molecule has 3 aromatic heterocycles. The number of aromatic amines is 1. The number of hydrogen-bond acceptors (Lipinski definition) is 6. The number of nitrogens with one attached hydrogen (secondary N) is 1. The predicted molar refractivity (Wildman–Crippen MR) is 80.7 cm³/mol. The maximum absolute atomic E-state index is 13.9. The number of nitrogens with zero attached hydrogens (tertiary/aromatic N) is 5. The second-order valence-electron chi connectivity index (χ2n) is 5.80. The van der Waals surface area contributed by atoms with Gasteiger partial charge in [-0.2, -0.15) is 18.2 Å². The van der Waals surface area contributed by atoms with E-state index in [0.29, 0.717) is 5.82 Å². The molecular weight excluding hydrogens is 337 g/mol. The number of hydrogen-bond donors (Lipinski definition) is 1. The molecular formula is C15H13F3N6O. The summed E-state index contributed by atoms with van der Waals surface area (Å²) in [5.74, 6) is 0.288. The molecule has 0 amide bonds. The van der Waals surface area contributed by atoms with Crippen LogP contribution in [0.15, 0.2) is 41.3 Å². The van der Waals surface area contributed by atoms with Crippen molar-refractivity contribution in [1.82, 2.24) is 25.1 Å². The van der Waals surface area contributed by atoms with E-state index in [1.807, 2.05) is 0 Å². The van der Waals surface area contributed by atoms with Crippen molar-refractivity contribution in [2.24, 2.45) is 0 Å². The molecule has 4 heterocycles. The normalized spacial score (nSPS) is 21.0. The quantitative estimate of drug-likeness (QED) is 0.782. The Morgan fingerprint density at radius 3 is 2.76 bits per heavy atom. The van der Waals surface area contributed by atoms with Crippen molar-refractivity contribution in [1.29, 1.82) is 0 Å². The number of halogens is 3. The minimum Gasteiger partial charge on any atom is -0.355 e. The van der Waals surface area contributed by atoms with E-state index < -0.39 is 17.5 Å². The highest BCUT2D eigenvalue weighted by molar-refractivity contribution is 5.44. The van der Waals surface area contributed by atoms with Gasteiger partial charge in [0.25, 0.3) is 0 Å². The van der Waals surface area contributed by atoms with Crippen LogP contribution in [0.2, 0.25) is 0 Å². The molecule has 7 nitrogen and oxygen atoms in total. The lowest BCUT2D eigenvalue weighted by Gasteiger charge is -2.28. The molecule has 0 aliphatic carbocycles. The monoisotopic (exact) mass is 350 g/mol. The van der Waals surface area contributed by atoms with E-state index in [1.54, 1.807) is 29.3 Å². The highest BCUT2D eigenvalue weighted by Gasteiger charge is 2.63. The molecule has 1 fully saturated rings. The van der Waals surface area contributed by atoms with E-state index >= 15 is 0 Å². The van der Waals surface area contributed by atoms with E-state index in [9.17, 15) is 13.2 Å². The van der Waals surface area contributed by atoms with Crippen LogP contribution in [-0.4, -0.2) is 44.4 Å². The minimum atomic E-state index is -4.54. The van der Waals surface area contributed by atoms with Gasteiger partial charge in [-0.25, -0.2) is 9.97 Å². The number of anilines is 1. The third-order valence-electron chi connectivity index (χ3n) is 4.33. The summed E-state index contributed by atoms with van der Waals surface area (Å²) in [7, 11) is 0. The van der Waals surface area contributed by atoms with Crippen LogP contribution < -0.4 is 4.90 Å². The first kappa shape index (κ1) is 15.6. The van der Waals surface area contributed by atoms with Gasteiger partial charge in [-0.15, -0.1) is 0 Å². The average Bonchev–Trinajstić information content (AvgIpc) is 3.33. The molecule has 1 unspecified atom stereocenters. The van der Waals surface area contributed by atoms with Crippen LogP contribution in [0.4, 0.5) is 19.0 Å². The number of imidazole rings is 1. The average molecular weight is 350 g/mol. The van der Waals surface area contributed by atoms with Crippen LogP contribution >= 0.6 is 0 Å². The van der Waals surface area contributed by atoms with Gasteiger partial charge < -0.3 is 14.4 Å². The van der Waals surface area contributed by atoms with Gasteiger partial charge in [0.05, 0.1) is 0 Å². The topological polar surface area (TPSA) is 83.7 Å². The minimum absolute atomic E-state index is 0.0000823. The zero-order valence-corrected chi connectivity index (χ0v) is 12.9. The molecule has 10 heteroatoms. The maximum atomic E-state index is 13.9. The Balaban J connectivity index is 1.70. The highest BCUT2D eigenvalue weighted by atomic mass is 19.4. The van der Waals surface area contributed by atoms with Crippen molar-refractivity contribution < 1.29 is 17.7 Å². The lowest BCUT2D eigenvalue weighted by molar-refractivity contribution is -0.191. The van der Waals surface area contributed by atoms with Crippen LogP contribution in [0.5, 0.6) is 0 Å². The second-order valence-corrected chi connectivity index (χ2v) is 5.80. The van der Waals surface area contributed by atoms with Crippen molar-refractivity contribution >= 4 is 5.82 Å². The summed E-state index contributed by atoms with van der Waals surface area (Å²) in [4.78, 5) is 16.3. The molecule has 0 saturated carbocycles. The summed E-state index contributed by atoms with van der Waals surface area (Å²) in [6, 6.07) is 5.12. The van der Waals surface area contributed by atoms with E-state index in [2.05, 4.69) is 25.1 Å². The van der Waals surface area contributed by atoms with Crippen molar-refractivity contribution in [3.8, 4) is 11.6 Å². The van der Waals surface area contributed by atoms with Gasteiger partial charge in [0.15, 0.2) is 11.2 Å². The Labute approximate surface area is 139 Å². The van der Waals surface area contributed by atoms with Crippen molar-refractivity contribution in [3.05, 3.63) is 42.7 Å². The molecule has 0 spiro atoms. The molecule has 1 aliphatic rings. The van der Waals surface area contributed by atoms with Gasteiger partial charge in [0.1, 0.15) is 5.82 Å². The van der Waals surface area contributed by atoms with E-state index in [1.165, 1.54) is 12.4 Å². The summed E-state index contributed by atoms with van der Waals surface area (Å²) in [6.07, 6.45) is -0.187. The van der Waals surface area contributed by atoms with E-state index in [4.69, 9.17) is 4.52 Å². The molecule has 1 N–H and O–H groups in total. The number of pyridine rings is 1. The van der Waals surface area contributed by atoms with Crippen molar-refractivity contribution in [2.45, 2.75) is 18.0 Å². The summed E-state index contributed by atoms with van der Waals surface area (Å²) < 4.78 is 46.8. The molecule has 1 aliphatic heterocycles. The Morgan fingerprint density at radius 2 is 2.08 bits per heavy atom. The SMILES string of the molecule is FC(F)(F)C1(c2nc(-c3ncc[nH]3)no2)CCN(c2ccccn2)C1. The Kier molecular flexibility index (Phi) is 3.48. The fourth-order valence-electron chi connectivity index (χ4n) is 2.97. The molecule has 1 atom stereocenters. The number of H-pyrrole nitrogens is 1. The lowest BCUT2D eigenvalue weighted by Crippen LogP contribution is -2.45. The van der Waals surface area contributed by atoms with E-state index in [0.717, 1.165) is 0 Å². The van der Waals surface area contributed by atoms with Gasteiger partial charge in [0.2, 0.25) is 11.7 Å². The molecule has 1 saturated heterocycles. The van der Waals surface area contributed by atoms with Gasteiger partial charge in [0, 0.05) is 31.7 Å². The van der Waals surface area contributed by atoms with Crippen molar-refractivity contribution in [2.75, 3.05) is 18.0 Å². The molecule has 0 bridgehead atoms. The Morgan fingerprint density at radius 1 is 1.20 bits per heavy atom.